The highest BCUT2D eigenvalue weighted by atomic mass is 16.7. The Morgan fingerprint density at radius 2 is 1.93 bits per heavy atom. The molecule has 1 aliphatic rings. The predicted molar refractivity (Wildman–Crippen MR) is 98.3 cm³/mol. The van der Waals surface area contributed by atoms with Crippen LogP contribution >= 0.6 is 0 Å². The van der Waals surface area contributed by atoms with Gasteiger partial charge in [-0.25, -0.2) is 14.3 Å². The first-order valence-corrected chi connectivity index (χ1v) is 8.29. The van der Waals surface area contributed by atoms with E-state index in [4.69, 9.17) is 14.9 Å². The number of ether oxygens (including phenoxy) is 2. The minimum Gasteiger partial charge on any atom is -0.454 e. The van der Waals surface area contributed by atoms with E-state index in [-0.39, 0.29) is 12.3 Å². The first kappa shape index (κ1) is 15.3. The van der Waals surface area contributed by atoms with Crippen molar-refractivity contribution >= 4 is 17.2 Å². The van der Waals surface area contributed by atoms with Crippen molar-refractivity contribution in [1.82, 2.24) is 19.4 Å². The average Bonchev–Trinajstić information content (AvgIpc) is 3.35. The number of fused-ring (bicyclic) bond motifs is 2. The zero-order chi connectivity index (χ0) is 18.2. The van der Waals surface area contributed by atoms with Crippen molar-refractivity contribution in [3.05, 3.63) is 72.1 Å². The van der Waals surface area contributed by atoms with E-state index in [2.05, 4.69) is 15.2 Å². The summed E-state index contributed by atoms with van der Waals surface area (Å²) in [5.74, 6) is 1.41. The van der Waals surface area contributed by atoms with Gasteiger partial charge in [0.15, 0.2) is 22.6 Å². The van der Waals surface area contributed by atoms with Gasteiger partial charge >= 0.3 is 0 Å². The highest BCUT2D eigenvalue weighted by Crippen LogP contribution is 2.31. The molecule has 132 valence electrons. The molecule has 4 aromatic rings. The molecule has 27 heavy (non-hydrogen) atoms. The summed E-state index contributed by atoms with van der Waals surface area (Å²) in [5, 5.41) is 17.7. The van der Waals surface area contributed by atoms with Gasteiger partial charge in [-0.2, -0.15) is 10.2 Å². The molecule has 0 bridgehead atoms. The first-order chi connectivity index (χ1) is 13.3. The smallest absolute Gasteiger partial charge is 0.231 e. The number of para-hydroxylation sites is 1. The molecule has 1 N–H and O–H groups in total. The molecule has 1 aliphatic heterocycles. The molecule has 5 rings (SSSR count). The van der Waals surface area contributed by atoms with E-state index in [1.807, 2.05) is 48.5 Å². The fourth-order valence-corrected chi connectivity index (χ4v) is 2.89. The molecule has 0 saturated heterocycles. The van der Waals surface area contributed by atoms with Crippen LogP contribution in [0.3, 0.4) is 0 Å². The van der Waals surface area contributed by atoms with Gasteiger partial charge in [0.1, 0.15) is 6.33 Å². The van der Waals surface area contributed by atoms with Crippen molar-refractivity contribution in [3.63, 3.8) is 0 Å². The highest BCUT2D eigenvalue weighted by molar-refractivity contribution is 5.81. The van der Waals surface area contributed by atoms with E-state index in [9.17, 15) is 0 Å². The van der Waals surface area contributed by atoms with Crippen molar-refractivity contribution < 1.29 is 9.47 Å². The van der Waals surface area contributed by atoms with Crippen LogP contribution in [0.5, 0.6) is 11.5 Å². The van der Waals surface area contributed by atoms with Gasteiger partial charge in [0.25, 0.3) is 0 Å². The summed E-state index contributed by atoms with van der Waals surface area (Å²) >= 11 is 0. The molecular formula is C19H14N6O2. The molecular weight excluding hydrogens is 344 g/mol. The van der Waals surface area contributed by atoms with Crippen LogP contribution in [0.2, 0.25) is 0 Å². The molecule has 2 aromatic heterocycles. The summed E-state index contributed by atoms with van der Waals surface area (Å²) in [7, 11) is 0. The summed E-state index contributed by atoms with van der Waals surface area (Å²) in [6.45, 7) is 0.230. The first-order valence-electron chi connectivity index (χ1n) is 8.29. The quantitative estimate of drug-likeness (QED) is 0.569. The van der Waals surface area contributed by atoms with Crippen molar-refractivity contribution in [3.8, 4) is 17.2 Å². The lowest BCUT2D eigenvalue weighted by Crippen LogP contribution is -2.17. The predicted octanol–water partition coefficient (Wildman–Crippen LogP) is 2.31. The Bertz CT molecular complexity index is 1230. The van der Waals surface area contributed by atoms with Gasteiger partial charge in [-0.05, 0) is 35.9 Å². The van der Waals surface area contributed by atoms with Gasteiger partial charge in [-0.1, -0.05) is 18.2 Å². The third-order valence-corrected chi connectivity index (χ3v) is 4.25. The molecule has 8 nitrogen and oxygen atoms in total. The van der Waals surface area contributed by atoms with Crippen LogP contribution in [0.1, 0.15) is 5.56 Å². The number of hydrogen-bond donors (Lipinski definition) is 1. The Kier molecular flexibility index (Phi) is 3.46. The second-order valence-corrected chi connectivity index (χ2v) is 5.92. The van der Waals surface area contributed by atoms with E-state index in [0.717, 1.165) is 17.0 Å². The minimum atomic E-state index is 0.208. The van der Waals surface area contributed by atoms with E-state index >= 15 is 0 Å². The monoisotopic (exact) mass is 358 g/mol. The molecule has 0 atom stereocenters. The number of hydrogen-bond acceptors (Lipinski definition) is 6. The van der Waals surface area contributed by atoms with Gasteiger partial charge in [0.2, 0.25) is 6.79 Å². The van der Waals surface area contributed by atoms with Crippen molar-refractivity contribution in [1.29, 1.82) is 5.41 Å². The fraction of sp³-hybridized carbons (Fsp3) is 0.0526. The Morgan fingerprint density at radius 1 is 1.07 bits per heavy atom. The normalized spacial score (nSPS) is 12.9. The second-order valence-electron chi connectivity index (χ2n) is 5.92. The van der Waals surface area contributed by atoms with Crippen molar-refractivity contribution in [2.24, 2.45) is 5.10 Å². The van der Waals surface area contributed by atoms with Crippen LogP contribution in [-0.4, -0.2) is 32.4 Å². The number of nitrogens with zero attached hydrogens (tertiary/aromatic N) is 5. The molecule has 0 radical (unpaired) electrons. The summed E-state index contributed by atoms with van der Waals surface area (Å²) in [5.41, 5.74) is 2.55. The third kappa shape index (κ3) is 2.63. The number of nitrogens with one attached hydrogen (secondary N) is 1. The number of aromatic nitrogens is 4. The Morgan fingerprint density at radius 3 is 2.81 bits per heavy atom. The maximum Gasteiger partial charge on any atom is 0.231 e. The van der Waals surface area contributed by atoms with Crippen LogP contribution in [0.4, 0.5) is 0 Å². The Balaban J connectivity index is 1.51. The van der Waals surface area contributed by atoms with Gasteiger partial charge in [0, 0.05) is 0 Å². The lowest BCUT2D eigenvalue weighted by Gasteiger charge is -2.03. The lowest BCUT2D eigenvalue weighted by atomic mass is 10.2. The molecule has 2 aromatic carbocycles. The molecule has 8 heteroatoms. The van der Waals surface area contributed by atoms with E-state index < -0.39 is 0 Å². The largest absolute Gasteiger partial charge is 0.454 e. The SMILES string of the molecule is N=c1c2cnn(-c3ccccc3)c2ncn1N=Cc1ccc2c(c1)OCO2. The van der Waals surface area contributed by atoms with Crippen LogP contribution < -0.4 is 15.0 Å². The van der Waals surface area contributed by atoms with Crippen LogP contribution in [0.25, 0.3) is 16.7 Å². The average molecular weight is 358 g/mol. The van der Waals surface area contributed by atoms with Crippen molar-refractivity contribution in [2.45, 2.75) is 0 Å². The molecule has 0 spiro atoms. The Labute approximate surface area is 153 Å². The molecule has 3 heterocycles. The zero-order valence-electron chi connectivity index (χ0n) is 14.1. The number of benzene rings is 2. The van der Waals surface area contributed by atoms with E-state index in [0.29, 0.717) is 16.8 Å². The van der Waals surface area contributed by atoms with Gasteiger partial charge in [-0.15, -0.1) is 0 Å². The molecule has 0 amide bonds. The topological polar surface area (TPSA) is 90.3 Å². The van der Waals surface area contributed by atoms with Crippen LogP contribution in [0, 0.1) is 5.41 Å². The van der Waals surface area contributed by atoms with Gasteiger partial charge < -0.3 is 9.47 Å². The summed E-state index contributed by atoms with van der Waals surface area (Å²) in [6, 6.07) is 15.2. The number of rotatable bonds is 3. The third-order valence-electron chi connectivity index (χ3n) is 4.25. The van der Waals surface area contributed by atoms with Crippen LogP contribution in [0.15, 0.2) is 66.2 Å². The summed E-state index contributed by atoms with van der Waals surface area (Å²) in [4.78, 5) is 4.43. The second kappa shape index (κ2) is 6.10. The maximum atomic E-state index is 8.41. The molecule has 0 aliphatic carbocycles. The zero-order valence-corrected chi connectivity index (χ0v) is 14.1. The lowest BCUT2D eigenvalue weighted by molar-refractivity contribution is 0.174. The van der Waals surface area contributed by atoms with Crippen LogP contribution in [-0.2, 0) is 0 Å². The summed E-state index contributed by atoms with van der Waals surface area (Å²) in [6.07, 6.45) is 4.79. The molecule has 0 fully saturated rings. The summed E-state index contributed by atoms with van der Waals surface area (Å²) < 4.78 is 13.8. The van der Waals surface area contributed by atoms with Gasteiger partial charge in [-0.3, -0.25) is 5.41 Å². The van der Waals surface area contributed by atoms with E-state index in [1.165, 1.54) is 11.0 Å². The Hall–Kier alpha value is -3.94. The molecule has 0 unspecified atom stereocenters. The standard InChI is InChI=1S/C19H14N6O2/c20-18-15-10-23-25(14-4-2-1-3-5-14)19(15)21-11-24(18)22-9-13-6-7-16-17(8-13)27-12-26-16/h1-11,20H,12H2. The highest BCUT2D eigenvalue weighted by Gasteiger charge is 2.13. The van der Waals surface area contributed by atoms with Crippen molar-refractivity contribution in [2.75, 3.05) is 6.79 Å². The maximum absolute atomic E-state index is 8.41. The van der Waals surface area contributed by atoms with E-state index in [1.54, 1.807) is 17.1 Å². The fourth-order valence-electron chi connectivity index (χ4n) is 2.89. The van der Waals surface area contributed by atoms with Gasteiger partial charge in [0.05, 0.1) is 23.5 Å². The minimum absolute atomic E-state index is 0.208. The molecule has 0 saturated carbocycles.